The molecule has 2 rings (SSSR count). The fourth-order valence-corrected chi connectivity index (χ4v) is 2.62. The molecule has 0 spiro atoms. The Morgan fingerprint density at radius 3 is 2.29 bits per heavy atom. The van der Waals surface area contributed by atoms with Crippen LogP contribution in [0, 0.1) is 11.6 Å². The van der Waals surface area contributed by atoms with E-state index in [2.05, 4.69) is 10.2 Å². The van der Waals surface area contributed by atoms with Gasteiger partial charge in [-0.25, -0.2) is 8.78 Å². The van der Waals surface area contributed by atoms with E-state index in [9.17, 15) is 8.78 Å². The van der Waals surface area contributed by atoms with Crippen LogP contribution in [0.4, 0.5) is 8.78 Å². The molecule has 0 aromatic heterocycles. The number of nitrogens with one attached hydrogen (secondary N) is 1. The van der Waals surface area contributed by atoms with Crippen LogP contribution in [-0.2, 0) is 5.54 Å². The predicted molar refractivity (Wildman–Crippen MR) is 63.8 cm³/mol. The summed E-state index contributed by atoms with van der Waals surface area (Å²) in [7, 11) is 3.99. The zero-order valence-electron chi connectivity index (χ0n) is 10.3. The molecule has 1 aromatic carbocycles. The van der Waals surface area contributed by atoms with E-state index in [1.807, 2.05) is 14.1 Å². The van der Waals surface area contributed by atoms with Crippen molar-refractivity contribution in [3.63, 3.8) is 0 Å². The van der Waals surface area contributed by atoms with Crippen molar-refractivity contribution in [3.8, 4) is 0 Å². The van der Waals surface area contributed by atoms with E-state index in [4.69, 9.17) is 0 Å². The van der Waals surface area contributed by atoms with Crippen molar-refractivity contribution in [2.24, 2.45) is 0 Å². The number of halogens is 2. The molecule has 1 aromatic rings. The Kier molecular flexibility index (Phi) is 3.45. The first-order valence-corrected chi connectivity index (χ1v) is 5.90. The van der Waals surface area contributed by atoms with E-state index in [0.717, 1.165) is 31.5 Å². The average molecular weight is 240 g/mol. The molecular formula is C13H18F2N2. The predicted octanol–water partition coefficient (Wildman–Crippen LogP) is 2.11. The Hall–Kier alpha value is -1.00. The summed E-state index contributed by atoms with van der Waals surface area (Å²) in [6.07, 6.45) is 1.82. The maximum atomic E-state index is 13.4. The Morgan fingerprint density at radius 2 is 1.76 bits per heavy atom. The van der Waals surface area contributed by atoms with Crippen LogP contribution >= 0.6 is 0 Å². The van der Waals surface area contributed by atoms with Gasteiger partial charge in [0.15, 0.2) is 11.6 Å². The van der Waals surface area contributed by atoms with Gasteiger partial charge >= 0.3 is 0 Å². The Balaban J connectivity index is 2.41. The van der Waals surface area contributed by atoms with Crippen LogP contribution in [0.25, 0.3) is 0 Å². The molecule has 1 aliphatic rings. The number of benzene rings is 1. The monoisotopic (exact) mass is 240 g/mol. The molecule has 0 amide bonds. The van der Waals surface area contributed by atoms with Crippen LogP contribution in [-0.4, -0.2) is 32.1 Å². The van der Waals surface area contributed by atoms with E-state index in [1.165, 1.54) is 12.1 Å². The lowest BCUT2D eigenvalue weighted by atomic mass is 9.80. The molecule has 1 N–H and O–H groups in total. The second kappa shape index (κ2) is 4.70. The second-order valence-corrected chi connectivity index (χ2v) is 4.80. The smallest absolute Gasteiger partial charge is 0.159 e. The molecule has 4 heteroatoms. The first kappa shape index (κ1) is 12.5. The third-order valence-electron chi connectivity index (χ3n) is 3.74. The van der Waals surface area contributed by atoms with Crippen molar-refractivity contribution in [3.05, 3.63) is 35.4 Å². The maximum absolute atomic E-state index is 13.4. The van der Waals surface area contributed by atoms with Gasteiger partial charge in [0.1, 0.15) is 0 Å². The number of rotatable bonds is 2. The third-order valence-corrected chi connectivity index (χ3v) is 3.74. The minimum atomic E-state index is -0.781. The summed E-state index contributed by atoms with van der Waals surface area (Å²) in [6, 6.07) is 4.25. The molecule has 0 atom stereocenters. The quantitative estimate of drug-likeness (QED) is 0.851. The molecule has 1 heterocycles. The second-order valence-electron chi connectivity index (χ2n) is 4.80. The molecule has 0 radical (unpaired) electrons. The molecule has 2 nitrogen and oxygen atoms in total. The number of hydrogen-bond acceptors (Lipinski definition) is 2. The summed E-state index contributed by atoms with van der Waals surface area (Å²) in [4.78, 5) is 2.11. The molecule has 17 heavy (non-hydrogen) atoms. The molecule has 0 bridgehead atoms. The van der Waals surface area contributed by atoms with Gasteiger partial charge in [-0.3, -0.25) is 4.90 Å². The van der Waals surface area contributed by atoms with Crippen LogP contribution < -0.4 is 5.32 Å². The maximum Gasteiger partial charge on any atom is 0.159 e. The van der Waals surface area contributed by atoms with Gasteiger partial charge in [0.05, 0.1) is 0 Å². The van der Waals surface area contributed by atoms with Crippen molar-refractivity contribution in [1.29, 1.82) is 0 Å². The van der Waals surface area contributed by atoms with Gasteiger partial charge in [-0.1, -0.05) is 6.07 Å². The fraction of sp³-hybridized carbons (Fsp3) is 0.538. The van der Waals surface area contributed by atoms with E-state index >= 15 is 0 Å². The molecule has 0 aliphatic carbocycles. The molecule has 94 valence electrons. The summed E-state index contributed by atoms with van der Waals surface area (Å²) < 4.78 is 26.3. The number of nitrogens with zero attached hydrogens (tertiary/aromatic N) is 1. The first-order chi connectivity index (χ1) is 8.06. The minimum absolute atomic E-state index is 0.181. The van der Waals surface area contributed by atoms with Gasteiger partial charge in [-0.15, -0.1) is 0 Å². The lowest BCUT2D eigenvalue weighted by Crippen LogP contribution is -2.49. The zero-order chi connectivity index (χ0) is 12.5. The number of hydrogen-bond donors (Lipinski definition) is 1. The Labute approximate surface area is 101 Å². The van der Waals surface area contributed by atoms with Gasteiger partial charge in [-0.2, -0.15) is 0 Å². The fourth-order valence-electron chi connectivity index (χ4n) is 2.62. The van der Waals surface area contributed by atoms with E-state index in [1.54, 1.807) is 6.07 Å². The molecule has 1 fully saturated rings. The van der Waals surface area contributed by atoms with Crippen molar-refractivity contribution >= 4 is 0 Å². The van der Waals surface area contributed by atoms with Crippen LogP contribution in [0.3, 0.4) is 0 Å². The van der Waals surface area contributed by atoms with Gasteiger partial charge in [-0.05, 0) is 57.7 Å². The molecule has 0 saturated carbocycles. The SMILES string of the molecule is CN(C)C1(c2ccc(F)c(F)c2)CCNCC1. The summed E-state index contributed by atoms with van der Waals surface area (Å²) >= 11 is 0. The van der Waals surface area contributed by atoms with E-state index < -0.39 is 11.6 Å². The largest absolute Gasteiger partial charge is 0.317 e. The summed E-state index contributed by atoms with van der Waals surface area (Å²) in [5, 5.41) is 3.30. The van der Waals surface area contributed by atoms with Crippen LogP contribution in [0.1, 0.15) is 18.4 Å². The van der Waals surface area contributed by atoms with Gasteiger partial charge in [0, 0.05) is 5.54 Å². The van der Waals surface area contributed by atoms with Gasteiger partial charge in [0.25, 0.3) is 0 Å². The van der Waals surface area contributed by atoms with Gasteiger partial charge in [0.2, 0.25) is 0 Å². The summed E-state index contributed by atoms with van der Waals surface area (Å²) in [6.45, 7) is 1.80. The molecule has 1 saturated heterocycles. The highest BCUT2D eigenvalue weighted by molar-refractivity contribution is 5.27. The minimum Gasteiger partial charge on any atom is -0.317 e. The summed E-state index contributed by atoms with van der Waals surface area (Å²) in [5.74, 6) is -1.54. The van der Waals surface area contributed by atoms with Crippen molar-refractivity contribution in [2.45, 2.75) is 18.4 Å². The first-order valence-electron chi connectivity index (χ1n) is 5.90. The normalized spacial score (nSPS) is 19.6. The average Bonchev–Trinajstić information content (AvgIpc) is 2.33. The van der Waals surface area contributed by atoms with Crippen LogP contribution in [0.2, 0.25) is 0 Å². The highest BCUT2D eigenvalue weighted by Crippen LogP contribution is 2.35. The molecule has 0 unspecified atom stereocenters. The number of piperidine rings is 1. The van der Waals surface area contributed by atoms with Crippen molar-refractivity contribution in [2.75, 3.05) is 27.2 Å². The van der Waals surface area contributed by atoms with E-state index in [0.29, 0.717) is 0 Å². The lowest BCUT2D eigenvalue weighted by Gasteiger charge is -2.43. The highest BCUT2D eigenvalue weighted by atomic mass is 19.2. The zero-order valence-corrected chi connectivity index (χ0v) is 10.3. The Bertz CT molecular complexity index is 398. The van der Waals surface area contributed by atoms with Gasteiger partial charge < -0.3 is 5.32 Å². The summed E-state index contributed by atoms with van der Waals surface area (Å²) in [5.41, 5.74) is 0.683. The highest BCUT2D eigenvalue weighted by Gasteiger charge is 2.36. The third kappa shape index (κ3) is 2.19. The van der Waals surface area contributed by atoms with Crippen molar-refractivity contribution < 1.29 is 8.78 Å². The molecule has 1 aliphatic heterocycles. The van der Waals surface area contributed by atoms with Crippen LogP contribution in [0.5, 0.6) is 0 Å². The lowest BCUT2D eigenvalue weighted by molar-refractivity contribution is 0.106. The topological polar surface area (TPSA) is 15.3 Å². The standard InChI is InChI=1S/C13H18F2N2/c1-17(2)13(5-7-16-8-6-13)10-3-4-11(14)12(15)9-10/h3-4,9,16H,5-8H2,1-2H3. The van der Waals surface area contributed by atoms with Crippen LogP contribution in [0.15, 0.2) is 18.2 Å². The van der Waals surface area contributed by atoms with Crippen molar-refractivity contribution in [1.82, 2.24) is 10.2 Å². The Morgan fingerprint density at radius 1 is 1.12 bits per heavy atom. The van der Waals surface area contributed by atoms with E-state index in [-0.39, 0.29) is 5.54 Å². The molecular weight excluding hydrogens is 222 g/mol.